The Balaban J connectivity index is 2.17. The molecule has 1 aromatic carbocycles. The van der Waals surface area contributed by atoms with Gasteiger partial charge in [-0.05, 0) is 38.5 Å². The first-order chi connectivity index (χ1) is 8.00. The average Bonchev–Trinajstić information content (AvgIpc) is 2.74. The molecule has 1 unspecified atom stereocenters. The molecule has 0 saturated carbocycles. The van der Waals surface area contributed by atoms with E-state index in [0.717, 1.165) is 12.1 Å². The van der Waals surface area contributed by atoms with Crippen molar-refractivity contribution in [3.05, 3.63) is 36.0 Å². The van der Waals surface area contributed by atoms with Gasteiger partial charge < -0.3 is 15.4 Å². The van der Waals surface area contributed by atoms with Gasteiger partial charge in [0.05, 0.1) is 6.10 Å². The molecule has 17 heavy (non-hydrogen) atoms. The van der Waals surface area contributed by atoms with Crippen LogP contribution in [0, 0.1) is 0 Å². The van der Waals surface area contributed by atoms with Crippen molar-refractivity contribution in [1.29, 1.82) is 0 Å². The molecule has 92 valence electrons. The topological polar surface area (TPSA) is 48.0 Å². The number of aliphatic hydroxyl groups excluding tert-OH is 1. The number of nitrogens with one attached hydrogen (secondary N) is 2. The van der Waals surface area contributed by atoms with Crippen LogP contribution in [-0.4, -0.2) is 21.7 Å². The molecule has 0 amide bonds. The zero-order valence-electron chi connectivity index (χ0n) is 10.6. The Morgan fingerprint density at radius 2 is 2.12 bits per heavy atom. The zero-order chi connectivity index (χ0) is 12.5. The minimum absolute atomic E-state index is 0.279. The van der Waals surface area contributed by atoms with Crippen molar-refractivity contribution < 1.29 is 5.11 Å². The molecule has 3 heteroatoms. The van der Waals surface area contributed by atoms with Gasteiger partial charge in [-0.1, -0.05) is 12.1 Å². The normalized spacial score (nSPS) is 14.1. The number of hydrogen-bond acceptors (Lipinski definition) is 2. The smallest absolute Gasteiger partial charge is 0.0688 e. The van der Waals surface area contributed by atoms with Gasteiger partial charge in [-0.2, -0.15) is 0 Å². The van der Waals surface area contributed by atoms with Crippen LogP contribution in [0.25, 0.3) is 10.9 Å². The molecule has 0 aliphatic rings. The predicted octanol–water partition coefficient (Wildman–Crippen LogP) is 2.42. The van der Waals surface area contributed by atoms with Crippen LogP contribution < -0.4 is 5.32 Å². The van der Waals surface area contributed by atoms with Gasteiger partial charge in [-0.25, -0.2) is 0 Å². The summed E-state index contributed by atoms with van der Waals surface area (Å²) in [5.74, 6) is 0. The van der Waals surface area contributed by atoms with Crippen LogP contribution in [0.15, 0.2) is 30.5 Å². The van der Waals surface area contributed by atoms with E-state index in [1.807, 2.05) is 33.0 Å². The van der Waals surface area contributed by atoms with Gasteiger partial charge in [0, 0.05) is 29.2 Å². The van der Waals surface area contributed by atoms with Crippen LogP contribution in [0.1, 0.15) is 26.3 Å². The summed E-state index contributed by atoms with van der Waals surface area (Å²) in [4.78, 5) is 3.20. The molecule has 0 aliphatic heterocycles. The summed E-state index contributed by atoms with van der Waals surface area (Å²) >= 11 is 0. The quantitative estimate of drug-likeness (QED) is 0.758. The highest BCUT2D eigenvalue weighted by Crippen LogP contribution is 2.18. The second-order valence-electron chi connectivity index (χ2n) is 5.11. The first-order valence-corrected chi connectivity index (χ1v) is 5.99. The Bertz CT molecular complexity index is 500. The summed E-state index contributed by atoms with van der Waals surface area (Å²) in [6.45, 7) is 6.58. The van der Waals surface area contributed by atoms with Gasteiger partial charge in [0.1, 0.15) is 0 Å². The van der Waals surface area contributed by atoms with Crippen molar-refractivity contribution >= 4 is 10.9 Å². The van der Waals surface area contributed by atoms with Crippen LogP contribution in [0.5, 0.6) is 0 Å². The number of aromatic nitrogens is 1. The van der Waals surface area contributed by atoms with Gasteiger partial charge in [0.25, 0.3) is 0 Å². The summed E-state index contributed by atoms with van der Waals surface area (Å²) in [5, 5.41) is 14.3. The number of fused-ring (bicyclic) bond motifs is 1. The monoisotopic (exact) mass is 232 g/mol. The number of rotatable bonds is 4. The molecule has 0 fully saturated rings. The largest absolute Gasteiger partial charge is 0.392 e. The Labute approximate surface area is 102 Å². The number of aliphatic hydroxyl groups is 1. The molecule has 1 aromatic heterocycles. The molecule has 0 saturated heterocycles. The van der Waals surface area contributed by atoms with E-state index < -0.39 is 0 Å². The Morgan fingerprint density at radius 3 is 2.82 bits per heavy atom. The van der Waals surface area contributed by atoms with E-state index in [1.54, 1.807) is 0 Å². The molecule has 1 heterocycles. The summed E-state index contributed by atoms with van der Waals surface area (Å²) < 4.78 is 0. The summed E-state index contributed by atoms with van der Waals surface area (Å²) in [6.07, 6.45) is 1.57. The lowest BCUT2D eigenvalue weighted by molar-refractivity contribution is 0.0957. The third-order valence-electron chi connectivity index (χ3n) is 3.46. The maximum atomic E-state index is 9.66. The van der Waals surface area contributed by atoms with Crippen molar-refractivity contribution in [3.8, 4) is 0 Å². The number of aromatic amines is 1. The van der Waals surface area contributed by atoms with E-state index in [9.17, 15) is 5.11 Å². The Morgan fingerprint density at radius 1 is 1.35 bits per heavy atom. The lowest BCUT2D eigenvalue weighted by atomic mass is 9.98. The highest BCUT2D eigenvalue weighted by molar-refractivity contribution is 5.82. The van der Waals surface area contributed by atoms with Crippen molar-refractivity contribution in [2.24, 2.45) is 0 Å². The van der Waals surface area contributed by atoms with Crippen molar-refractivity contribution in [3.63, 3.8) is 0 Å². The van der Waals surface area contributed by atoms with Gasteiger partial charge in [-0.3, -0.25) is 0 Å². The van der Waals surface area contributed by atoms with Gasteiger partial charge in [0.15, 0.2) is 0 Å². The molecular weight excluding hydrogens is 212 g/mol. The maximum Gasteiger partial charge on any atom is 0.0688 e. The summed E-state index contributed by atoms with van der Waals surface area (Å²) in [5.41, 5.74) is 2.12. The lowest BCUT2D eigenvalue weighted by Crippen LogP contribution is -2.47. The molecule has 1 atom stereocenters. The fourth-order valence-electron chi connectivity index (χ4n) is 1.78. The minimum atomic E-state index is -0.382. The third kappa shape index (κ3) is 2.51. The Kier molecular flexibility index (Phi) is 3.22. The second-order valence-corrected chi connectivity index (χ2v) is 5.11. The molecular formula is C14H20N2O. The van der Waals surface area contributed by atoms with E-state index in [0.29, 0.717) is 0 Å². The standard InChI is InChI=1S/C14H20N2O/c1-10(17)14(2,3)16-9-11-5-4-6-13-12(11)7-8-15-13/h4-8,10,15-17H,9H2,1-3H3. The number of benzene rings is 1. The molecule has 0 bridgehead atoms. The van der Waals surface area contributed by atoms with Crippen molar-refractivity contribution in [2.75, 3.05) is 0 Å². The second kappa shape index (κ2) is 4.51. The van der Waals surface area contributed by atoms with Crippen LogP contribution in [-0.2, 0) is 6.54 Å². The fraction of sp³-hybridized carbons (Fsp3) is 0.429. The number of H-pyrrole nitrogens is 1. The predicted molar refractivity (Wildman–Crippen MR) is 70.9 cm³/mol. The molecule has 3 nitrogen and oxygen atoms in total. The van der Waals surface area contributed by atoms with E-state index >= 15 is 0 Å². The lowest BCUT2D eigenvalue weighted by Gasteiger charge is -2.29. The van der Waals surface area contributed by atoms with E-state index in [4.69, 9.17) is 0 Å². The summed E-state index contributed by atoms with van der Waals surface area (Å²) in [7, 11) is 0. The minimum Gasteiger partial charge on any atom is -0.392 e. The first kappa shape index (κ1) is 12.1. The molecule has 0 spiro atoms. The van der Waals surface area contributed by atoms with Crippen LogP contribution in [0.3, 0.4) is 0 Å². The van der Waals surface area contributed by atoms with Crippen molar-refractivity contribution in [2.45, 2.75) is 39.0 Å². The zero-order valence-corrected chi connectivity index (χ0v) is 10.6. The van der Waals surface area contributed by atoms with Gasteiger partial charge >= 0.3 is 0 Å². The maximum absolute atomic E-state index is 9.66. The average molecular weight is 232 g/mol. The summed E-state index contributed by atoms with van der Waals surface area (Å²) in [6, 6.07) is 8.31. The van der Waals surface area contributed by atoms with Gasteiger partial charge in [-0.15, -0.1) is 0 Å². The van der Waals surface area contributed by atoms with Crippen LogP contribution in [0.4, 0.5) is 0 Å². The molecule has 2 aromatic rings. The molecule has 0 aliphatic carbocycles. The fourth-order valence-corrected chi connectivity index (χ4v) is 1.78. The van der Waals surface area contributed by atoms with E-state index in [1.165, 1.54) is 10.9 Å². The molecule has 0 radical (unpaired) electrons. The molecule has 3 N–H and O–H groups in total. The number of hydrogen-bond donors (Lipinski definition) is 3. The van der Waals surface area contributed by atoms with E-state index in [2.05, 4.69) is 28.5 Å². The van der Waals surface area contributed by atoms with Crippen LogP contribution in [0.2, 0.25) is 0 Å². The Hall–Kier alpha value is -1.32. The molecule has 2 rings (SSSR count). The first-order valence-electron chi connectivity index (χ1n) is 5.99. The highest BCUT2D eigenvalue weighted by Gasteiger charge is 2.23. The van der Waals surface area contributed by atoms with Crippen molar-refractivity contribution in [1.82, 2.24) is 10.3 Å². The van der Waals surface area contributed by atoms with Crippen LogP contribution >= 0.6 is 0 Å². The highest BCUT2D eigenvalue weighted by atomic mass is 16.3. The SMILES string of the molecule is CC(O)C(C)(C)NCc1cccc2[nH]ccc12. The third-order valence-corrected chi connectivity index (χ3v) is 3.46. The van der Waals surface area contributed by atoms with Gasteiger partial charge in [0.2, 0.25) is 0 Å². The van der Waals surface area contributed by atoms with E-state index in [-0.39, 0.29) is 11.6 Å².